The first kappa shape index (κ1) is 24.5. The summed E-state index contributed by atoms with van der Waals surface area (Å²) >= 11 is 0. The number of carbonyl (C=O) groups excluding carboxylic acids is 2. The van der Waals surface area contributed by atoms with Gasteiger partial charge in [0.2, 0.25) is 5.78 Å². The van der Waals surface area contributed by atoms with Crippen LogP contribution in [-0.4, -0.2) is 48.9 Å². The Labute approximate surface area is 194 Å². The summed E-state index contributed by atoms with van der Waals surface area (Å²) in [6.45, 7) is 10.4. The molecular weight excluding hydrogens is 423 g/mol. The minimum Gasteiger partial charge on any atom is -0.872 e. The van der Waals surface area contributed by atoms with Crippen LogP contribution in [0.1, 0.15) is 44.9 Å². The molecule has 0 aliphatic carbocycles. The summed E-state index contributed by atoms with van der Waals surface area (Å²) in [5, 5.41) is 13.4. The predicted octanol–water partition coefficient (Wildman–Crippen LogP) is 1.76. The lowest BCUT2D eigenvalue weighted by molar-refractivity contribution is -0.895. The number of hydrogen-bond acceptors (Lipinski definition) is 4. The van der Waals surface area contributed by atoms with Crippen LogP contribution in [0.5, 0.6) is 5.75 Å². The van der Waals surface area contributed by atoms with Gasteiger partial charge in [0.05, 0.1) is 38.3 Å². The summed E-state index contributed by atoms with van der Waals surface area (Å²) in [7, 11) is 0. The van der Waals surface area contributed by atoms with E-state index in [-0.39, 0.29) is 29.3 Å². The van der Waals surface area contributed by atoms with E-state index < -0.39 is 29.3 Å². The molecule has 6 nitrogen and oxygen atoms in total. The van der Waals surface area contributed by atoms with E-state index in [1.165, 1.54) is 28.0 Å². The Morgan fingerprint density at radius 1 is 1.09 bits per heavy atom. The van der Waals surface area contributed by atoms with Gasteiger partial charge < -0.3 is 19.6 Å². The number of amides is 1. The summed E-state index contributed by atoms with van der Waals surface area (Å²) in [5.74, 6) is -2.18. The van der Waals surface area contributed by atoms with Crippen molar-refractivity contribution in [3.05, 3.63) is 71.0 Å². The van der Waals surface area contributed by atoms with Crippen molar-refractivity contribution in [2.75, 3.05) is 26.2 Å². The van der Waals surface area contributed by atoms with E-state index in [1.807, 2.05) is 27.7 Å². The first-order valence-electron chi connectivity index (χ1n) is 11.4. The van der Waals surface area contributed by atoms with Gasteiger partial charge in [-0.25, -0.2) is 4.39 Å². The van der Waals surface area contributed by atoms with Gasteiger partial charge in [-0.2, -0.15) is 0 Å². The maximum Gasteiger partial charge on any atom is 0.295 e. The van der Waals surface area contributed by atoms with Gasteiger partial charge in [0, 0.05) is 11.1 Å². The summed E-state index contributed by atoms with van der Waals surface area (Å²) < 4.78 is 20.4. The second kappa shape index (κ2) is 10.6. The largest absolute Gasteiger partial charge is 0.872 e. The number of likely N-dealkylation sites (N-methyl/N-ethyl adjacent to an activating group) is 1. The van der Waals surface area contributed by atoms with E-state index in [9.17, 15) is 19.1 Å². The molecule has 1 N–H and O–H groups in total. The number of likely N-dealkylation sites (tertiary alicyclic amines) is 1. The van der Waals surface area contributed by atoms with Gasteiger partial charge in [-0.3, -0.25) is 9.59 Å². The van der Waals surface area contributed by atoms with Gasteiger partial charge in [-0.15, -0.1) is 0 Å². The highest BCUT2D eigenvalue weighted by Crippen LogP contribution is 2.39. The van der Waals surface area contributed by atoms with Crippen molar-refractivity contribution in [1.29, 1.82) is 0 Å². The number of halogens is 1. The molecule has 1 atom stereocenters. The first-order chi connectivity index (χ1) is 15.8. The third-order valence-corrected chi connectivity index (χ3v) is 5.92. The van der Waals surface area contributed by atoms with Gasteiger partial charge in [0.1, 0.15) is 11.6 Å². The number of benzene rings is 2. The van der Waals surface area contributed by atoms with Crippen molar-refractivity contribution in [3.63, 3.8) is 0 Å². The lowest BCUT2D eigenvalue weighted by atomic mass is 9.95. The second-order valence-electron chi connectivity index (χ2n) is 8.39. The minimum absolute atomic E-state index is 0.0260. The van der Waals surface area contributed by atoms with E-state index in [1.54, 1.807) is 30.3 Å². The number of quaternary nitrogens is 1. The average molecular weight is 455 g/mol. The molecular formula is C26H31FN2O4. The lowest BCUT2D eigenvalue weighted by Crippen LogP contribution is -3.12. The van der Waals surface area contributed by atoms with Crippen molar-refractivity contribution in [2.45, 2.75) is 39.8 Å². The third-order valence-electron chi connectivity index (χ3n) is 5.92. The van der Waals surface area contributed by atoms with E-state index in [4.69, 9.17) is 4.74 Å². The monoisotopic (exact) mass is 454 g/mol. The molecule has 0 radical (unpaired) electrons. The number of Topliss-reactive ketones (excluding diaryl/α,β-unsaturated/α-hetero) is 1. The molecule has 1 heterocycles. The molecule has 1 saturated heterocycles. The summed E-state index contributed by atoms with van der Waals surface area (Å²) in [6.07, 6.45) is -0.0260. The Morgan fingerprint density at radius 2 is 1.73 bits per heavy atom. The highest BCUT2D eigenvalue weighted by atomic mass is 19.1. The highest BCUT2D eigenvalue weighted by Gasteiger charge is 2.45. The molecule has 0 aromatic heterocycles. The number of carbonyl (C=O) groups is 2. The molecule has 1 aliphatic heterocycles. The quantitative estimate of drug-likeness (QED) is 0.356. The van der Waals surface area contributed by atoms with Crippen LogP contribution in [0, 0.1) is 5.82 Å². The molecule has 1 fully saturated rings. The topological polar surface area (TPSA) is 74.1 Å². The minimum atomic E-state index is -1.06. The van der Waals surface area contributed by atoms with E-state index in [2.05, 4.69) is 0 Å². The fourth-order valence-corrected chi connectivity index (χ4v) is 4.12. The van der Waals surface area contributed by atoms with Crippen LogP contribution in [0.2, 0.25) is 0 Å². The third kappa shape index (κ3) is 5.25. The first-order valence-corrected chi connectivity index (χ1v) is 11.4. The van der Waals surface area contributed by atoms with Crippen molar-refractivity contribution in [1.82, 2.24) is 4.90 Å². The van der Waals surface area contributed by atoms with Crippen LogP contribution in [0.4, 0.5) is 4.39 Å². The SMILES string of the molecule is CC[NH+](CC)CCN1C(=O)C(=O)C(=C([O-])c2ccc(OC(C)C)cc2)C1c1ccccc1F. The zero-order valence-electron chi connectivity index (χ0n) is 19.6. The molecule has 0 bridgehead atoms. The Balaban J connectivity index is 2.06. The lowest BCUT2D eigenvalue weighted by Gasteiger charge is -2.28. The Bertz CT molecular complexity index is 1030. The molecule has 1 amide bonds. The number of ether oxygens (including phenoxy) is 1. The molecule has 7 heteroatoms. The number of ketones is 1. The zero-order chi connectivity index (χ0) is 24.1. The highest BCUT2D eigenvalue weighted by molar-refractivity contribution is 6.46. The van der Waals surface area contributed by atoms with Gasteiger partial charge in [0.25, 0.3) is 5.91 Å². The normalized spacial score (nSPS) is 17.9. The maximum atomic E-state index is 14.8. The van der Waals surface area contributed by atoms with Crippen LogP contribution in [0.3, 0.4) is 0 Å². The summed E-state index contributed by atoms with van der Waals surface area (Å²) in [4.78, 5) is 28.6. The van der Waals surface area contributed by atoms with E-state index in [0.29, 0.717) is 12.3 Å². The standard InChI is InChI=1S/C26H31FN2O4/c1-5-28(6-2)15-16-29-23(20-9-7-8-10-21(20)27)22(25(31)26(29)32)24(30)18-11-13-19(14-12-18)33-17(3)4/h7-14,17,23,30H,5-6,15-16H2,1-4H3. The Hall–Kier alpha value is -3.19. The second-order valence-corrected chi connectivity index (χ2v) is 8.39. The van der Waals surface area contributed by atoms with Crippen molar-refractivity contribution in [2.24, 2.45) is 0 Å². The fourth-order valence-electron chi connectivity index (χ4n) is 4.12. The molecule has 1 aliphatic rings. The number of rotatable bonds is 9. The molecule has 2 aromatic carbocycles. The van der Waals surface area contributed by atoms with Crippen LogP contribution < -0.4 is 14.7 Å². The molecule has 0 saturated carbocycles. The predicted molar refractivity (Wildman–Crippen MR) is 122 cm³/mol. The van der Waals surface area contributed by atoms with Gasteiger partial charge in [0.15, 0.2) is 0 Å². The van der Waals surface area contributed by atoms with Crippen molar-refractivity contribution >= 4 is 17.4 Å². The van der Waals surface area contributed by atoms with Gasteiger partial charge >= 0.3 is 0 Å². The number of nitrogens with one attached hydrogen (secondary N) is 1. The maximum absolute atomic E-state index is 14.8. The molecule has 2 aromatic rings. The fraction of sp³-hybridized carbons (Fsp3) is 0.385. The van der Waals surface area contributed by atoms with Crippen LogP contribution in [0.15, 0.2) is 54.1 Å². The Kier molecular flexibility index (Phi) is 7.87. The van der Waals surface area contributed by atoms with E-state index >= 15 is 0 Å². The molecule has 0 spiro atoms. The van der Waals surface area contributed by atoms with Crippen LogP contribution in [-0.2, 0) is 9.59 Å². The Morgan fingerprint density at radius 3 is 2.30 bits per heavy atom. The number of nitrogens with zero attached hydrogens (tertiary/aromatic N) is 1. The van der Waals surface area contributed by atoms with Crippen LogP contribution >= 0.6 is 0 Å². The van der Waals surface area contributed by atoms with E-state index in [0.717, 1.165) is 13.1 Å². The summed E-state index contributed by atoms with van der Waals surface area (Å²) in [5.41, 5.74) is 0.186. The van der Waals surface area contributed by atoms with Gasteiger partial charge in [-0.1, -0.05) is 36.1 Å². The summed E-state index contributed by atoms with van der Waals surface area (Å²) in [6, 6.07) is 11.3. The van der Waals surface area contributed by atoms with Crippen molar-refractivity contribution in [3.8, 4) is 5.75 Å². The zero-order valence-corrected chi connectivity index (χ0v) is 19.6. The van der Waals surface area contributed by atoms with Gasteiger partial charge in [-0.05, 0) is 51.5 Å². The smallest absolute Gasteiger partial charge is 0.295 e. The number of hydrogen-bond donors (Lipinski definition) is 1. The molecule has 1 unspecified atom stereocenters. The van der Waals surface area contributed by atoms with Crippen LogP contribution in [0.25, 0.3) is 5.76 Å². The molecule has 3 rings (SSSR count). The average Bonchev–Trinajstić information content (AvgIpc) is 3.04. The van der Waals surface area contributed by atoms with Crippen molar-refractivity contribution < 1.29 is 28.7 Å². The molecule has 176 valence electrons. The molecule has 33 heavy (non-hydrogen) atoms.